The van der Waals surface area contributed by atoms with Crippen molar-refractivity contribution in [2.24, 2.45) is 0 Å². The minimum Gasteiger partial charge on any atom is -0.454 e. The van der Waals surface area contributed by atoms with Crippen LogP contribution in [0.2, 0.25) is 0 Å². The molecule has 1 aromatic carbocycles. The van der Waals surface area contributed by atoms with Gasteiger partial charge in [-0.05, 0) is 25.5 Å². The molecule has 0 aliphatic heterocycles. The first-order valence-electron chi connectivity index (χ1n) is 6.99. The van der Waals surface area contributed by atoms with Crippen molar-refractivity contribution < 1.29 is 23.2 Å². The lowest BCUT2D eigenvalue weighted by Crippen LogP contribution is -2.23. The number of aromatic nitrogens is 2. The van der Waals surface area contributed by atoms with E-state index in [1.165, 1.54) is 12.1 Å². The molecule has 7 heteroatoms. The Morgan fingerprint density at radius 2 is 2.30 bits per heavy atom. The van der Waals surface area contributed by atoms with Crippen LogP contribution >= 0.6 is 0 Å². The lowest BCUT2D eigenvalue weighted by molar-refractivity contribution is -0.157. The molecule has 0 bridgehead atoms. The summed E-state index contributed by atoms with van der Waals surface area (Å²) in [6.07, 6.45) is 0.816. The number of carbonyl (C=O) groups excluding carboxylic acids is 1. The molecule has 0 N–H and O–H groups in total. The predicted molar refractivity (Wildman–Crippen MR) is 79.8 cm³/mol. The molecule has 0 aliphatic rings. The number of esters is 1. The zero-order chi connectivity index (χ0) is 16.8. The summed E-state index contributed by atoms with van der Waals surface area (Å²) >= 11 is 0. The summed E-state index contributed by atoms with van der Waals surface area (Å²) in [5.41, 5.74) is 1.01. The van der Waals surface area contributed by atoms with Gasteiger partial charge in [0.15, 0.2) is 12.7 Å². The van der Waals surface area contributed by atoms with Gasteiger partial charge in [-0.3, -0.25) is 0 Å². The van der Waals surface area contributed by atoms with Gasteiger partial charge in [-0.2, -0.15) is 4.98 Å². The monoisotopic (exact) mass is 320 g/mol. The highest BCUT2D eigenvalue weighted by atomic mass is 19.1. The molecule has 1 heterocycles. The van der Waals surface area contributed by atoms with Crippen molar-refractivity contribution in [2.75, 3.05) is 6.61 Å². The van der Waals surface area contributed by atoms with Crippen molar-refractivity contribution in [3.63, 3.8) is 0 Å². The van der Waals surface area contributed by atoms with E-state index in [0.717, 1.165) is 0 Å². The maximum Gasteiger partial charge on any atom is 0.335 e. The minimum atomic E-state index is -0.721. The van der Waals surface area contributed by atoms with Gasteiger partial charge in [-0.1, -0.05) is 23.4 Å². The first kappa shape index (κ1) is 16.8. The second-order valence-corrected chi connectivity index (χ2v) is 4.85. The second kappa shape index (κ2) is 7.64. The van der Waals surface area contributed by atoms with Gasteiger partial charge >= 0.3 is 5.97 Å². The van der Waals surface area contributed by atoms with Crippen LogP contribution in [-0.2, 0) is 20.9 Å². The van der Waals surface area contributed by atoms with E-state index >= 15 is 0 Å². The first-order chi connectivity index (χ1) is 11.0. The molecular formula is C16H17FN2O4. The number of nitrogens with zero attached hydrogens (tertiary/aromatic N) is 2. The van der Waals surface area contributed by atoms with Crippen LogP contribution in [-0.4, -0.2) is 28.8 Å². The van der Waals surface area contributed by atoms with Gasteiger partial charge in [0.1, 0.15) is 5.82 Å². The summed E-state index contributed by atoms with van der Waals surface area (Å²) in [7, 11) is 0. The summed E-state index contributed by atoms with van der Waals surface area (Å²) in [4.78, 5) is 15.7. The number of ether oxygens (including phenoxy) is 2. The Morgan fingerprint density at radius 1 is 1.52 bits per heavy atom. The van der Waals surface area contributed by atoms with Gasteiger partial charge < -0.3 is 14.0 Å². The fraction of sp³-hybridized carbons (Fsp3) is 0.312. The van der Waals surface area contributed by atoms with Crippen LogP contribution in [0.1, 0.15) is 18.4 Å². The maximum absolute atomic E-state index is 13.5. The fourth-order valence-electron chi connectivity index (χ4n) is 1.69. The molecule has 23 heavy (non-hydrogen) atoms. The summed E-state index contributed by atoms with van der Waals surface area (Å²) in [6, 6.07) is 4.63. The average Bonchev–Trinajstić information content (AvgIpc) is 3.01. The van der Waals surface area contributed by atoms with Gasteiger partial charge in [0, 0.05) is 5.56 Å². The number of halogens is 1. The summed E-state index contributed by atoms with van der Waals surface area (Å²) in [5, 5.41) is 3.74. The molecule has 0 amide bonds. The molecule has 0 aliphatic carbocycles. The SMILES string of the molecule is C=CCOC(C)C(=O)OCc1nc(-c2ccc(C)c(F)c2)no1. The van der Waals surface area contributed by atoms with E-state index in [4.69, 9.17) is 14.0 Å². The van der Waals surface area contributed by atoms with Crippen molar-refractivity contribution >= 4 is 5.97 Å². The summed E-state index contributed by atoms with van der Waals surface area (Å²) in [6.45, 7) is 6.80. The molecule has 0 radical (unpaired) electrons. The first-order valence-corrected chi connectivity index (χ1v) is 6.99. The number of hydrogen-bond donors (Lipinski definition) is 0. The minimum absolute atomic E-state index is 0.116. The van der Waals surface area contributed by atoms with Crippen LogP contribution in [0, 0.1) is 12.7 Å². The summed E-state index contributed by atoms with van der Waals surface area (Å²) < 4.78 is 28.7. The van der Waals surface area contributed by atoms with E-state index in [1.54, 1.807) is 26.0 Å². The Labute approximate surface area is 132 Å². The van der Waals surface area contributed by atoms with Gasteiger partial charge in [0.25, 0.3) is 5.89 Å². The highest BCUT2D eigenvalue weighted by molar-refractivity contribution is 5.74. The molecule has 0 saturated carbocycles. The number of aryl methyl sites for hydroxylation is 1. The number of benzene rings is 1. The normalized spacial score (nSPS) is 12.0. The Morgan fingerprint density at radius 3 is 3.00 bits per heavy atom. The molecule has 122 valence electrons. The highest BCUT2D eigenvalue weighted by Gasteiger charge is 2.17. The third kappa shape index (κ3) is 4.46. The van der Waals surface area contributed by atoms with Crippen LogP contribution in [0.5, 0.6) is 0 Å². The van der Waals surface area contributed by atoms with E-state index in [-0.39, 0.29) is 30.7 Å². The third-order valence-corrected chi connectivity index (χ3v) is 3.03. The molecule has 0 saturated heterocycles. The van der Waals surface area contributed by atoms with Crippen molar-refractivity contribution in [1.29, 1.82) is 0 Å². The molecular weight excluding hydrogens is 303 g/mol. The molecule has 2 rings (SSSR count). The van der Waals surface area contributed by atoms with Crippen molar-refractivity contribution in [1.82, 2.24) is 10.1 Å². The fourth-order valence-corrected chi connectivity index (χ4v) is 1.69. The maximum atomic E-state index is 13.5. The Balaban J connectivity index is 1.95. The van der Waals surface area contributed by atoms with Gasteiger partial charge in [-0.15, -0.1) is 6.58 Å². The van der Waals surface area contributed by atoms with Crippen molar-refractivity contribution in [3.8, 4) is 11.4 Å². The Kier molecular flexibility index (Phi) is 5.59. The highest BCUT2D eigenvalue weighted by Crippen LogP contribution is 2.19. The van der Waals surface area contributed by atoms with Crippen LogP contribution in [0.4, 0.5) is 4.39 Å². The third-order valence-electron chi connectivity index (χ3n) is 3.03. The van der Waals surface area contributed by atoms with E-state index < -0.39 is 12.1 Å². The molecule has 6 nitrogen and oxygen atoms in total. The molecule has 0 fully saturated rings. The van der Waals surface area contributed by atoms with Gasteiger partial charge in [-0.25, -0.2) is 9.18 Å². The summed E-state index contributed by atoms with van der Waals surface area (Å²) in [5.74, 6) is -0.558. The zero-order valence-electron chi connectivity index (χ0n) is 12.9. The van der Waals surface area contributed by atoms with Crippen molar-refractivity contribution in [2.45, 2.75) is 26.6 Å². The number of hydrogen-bond acceptors (Lipinski definition) is 6. The number of carbonyl (C=O) groups is 1. The topological polar surface area (TPSA) is 74.5 Å². The van der Waals surface area contributed by atoms with Crippen LogP contribution in [0.25, 0.3) is 11.4 Å². The average molecular weight is 320 g/mol. The van der Waals surface area contributed by atoms with E-state index in [0.29, 0.717) is 11.1 Å². The zero-order valence-corrected chi connectivity index (χ0v) is 12.9. The van der Waals surface area contributed by atoms with E-state index in [1.807, 2.05) is 0 Å². The lowest BCUT2D eigenvalue weighted by Gasteiger charge is -2.09. The van der Waals surface area contributed by atoms with E-state index in [9.17, 15) is 9.18 Å². The number of rotatable bonds is 7. The molecule has 2 aromatic rings. The Hall–Kier alpha value is -2.54. The van der Waals surface area contributed by atoms with Gasteiger partial charge in [0.05, 0.1) is 6.61 Å². The lowest BCUT2D eigenvalue weighted by atomic mass is 10.1. The molecule has 1 atom stereocenters. The van der Waals surface area contributed by atoms with Gasteiger partial charge in [0.2, 0.25) is 5.82 Å². The molecule has 1 aromatic heterocycles. The van der Waals surface area contributed by atoms with Crippen LogP contribution in [0.3, 0.4) is 0 Å². The molecule has 1 unspecified atom stereocenters. The standard InChI is InChI=1S/C16H17FN2O4/c1-4-7-21-11(3)16(20)22-9-14-18-15(19-23-14)12-6-5-10(2)13(17)8-12/h4-6,8,11H,1,7,9H2,2-3H3. The Bertz CT molecular complexity index is 699. The van der Waals surface area contributed by atoms with Crippen LogP contribution < -0.4 is 0 Å². The largest absolute Gasteiger partial charge is 0.454 e. The predicted octanol–water partition coefficient (Wildman–Crippen LogP) is 2.82. The van der Waals surface area contributed by atoms with Crippen molar-refractivity contribution in [3.05, 3.63) is 48.1 Å². The quantitative estimate of drug-likeness (QED) is 0.577. The smallest absolute Gasteiger partial charge is 0.335 e. The molecule has 0 spiro atoms. The second-order valence-electron chi connectivity index (χ2n) is 4.85. The van der Waals surface area contributed by atoms with E-state index in [2.05, 4.69) is 16.7 Å². The van der Waals surface area contributed by atoms with Crippen LogP contribution in [0.15, 0.2) is 35.4 Å².